The minimum atomic E-state index is 0.884. The van der Waals surface area contributed by atoms with Crippen molar-refractivity contribution in [1.82, 2.24) is 9.13 Å². The number of hydrogen-bond donors (Lipinski definition) is 0. The SMILES string of the molecule is c1ccc2cc3c(cc2c1)/N=C(/c1ccc(-n2c4ccccc4c4ccccc42)cc1)c1cc2ccccc2cc1/N=C\3c1ccc(-n2c3ccccc3c3ccccc32)cc1. The molecule has 4 nitrogen and oxygen atoms in total. The molecule has 0 bridgehead atoms. The highest BCUT2D eigenvalue weighted by Gasteiger charge is 2.23. The number of aliphatic imine (C=N–C) groups is 2. The second-order valence-corrected chi connectivity index (χ2v) is 16.2. The second-order valence-electron chi connectivity index (χ2n) is 16.2. The molecule has 12 aromatic rings. The first-order valence-electron chi connectivity index (χ1n) is 21.2. The highest BCUT2D eigenvalue weighted by atomic mass is 15.0. The maximum atomic E-state index is 5.69. The summed E-state index contributed by atoms with van der Waals surface area (Å²) < 4.78 is 4.72. The minimum Gasteiger partial charge on any atom is -0.309 e. The highest BCUT2D eigenvalue weighted by Crippen LogP contribution is 2.39. The molecule has 0 unspecified atom stereocenters. The van der Waals surface area contributed by atoms with Crippen LogP contribution in [0.5, 0.6) is 0 Å². The van der Waals surface area contributed by atoms with Crippen LogP contribution >= 0.6 is 0 Å². The van der Waals surface area contributed by atoms with Crippen molar-refractivity contribution in [2.24, 2.45) is 9.98 Å². The quantitative estimate of drug-likeness (QED) is 0.170. The van der Waals surface area contributed by atoms with Gasteiger partial charge < -0.3 is 9.13 Å². The molecule has 0 fully saturated rings. The Morgan fingerprint density at radius 1 is 0.274 bits per heavy atom. The molecule has 1 aliphatic rings. The molecule has 10 aromatic carbocycles. The number of fused-ring (bicyclic) bond motifs is 10. The Labute approximate surface area is 357 Å². The van der Waals surface area contributed by atoms with Crippen LogP contribution in [0.25, 0.3) is 76.5 Å². The average molecular weight is 789 g/mol. The van der Waals surface area contributed by atoms with Crippen molar-refractivity contribution >= 4 is 88.0 Å². The Morgan fingerprint density at radius 2 is 0.565 bits per heavy atom. The van der Waals surface area contributed by atoms with Gasteiger partial charge in [-0.1, -0.05) is 146 Å². The maximum absolute atomic E-state index is 5.69. The first kappa shape index (κ1) is 34.5. The van der Waals surface area contributed by atoms with Crippen molar-refractivity contribution in [3.05, 3.63) is 241 Å². The predicted molar refractivity (Wildman–Crippen MR) is 260 cm³/mol. The summed E-state index contributed by atoms with van der Waals surface area (Å²) >= 11 is 0. The lowest BCUT2D eigenvalue weighted by molar-refractivity contribution is 1.18. The van der Waals surface area contributed by atoms with Crippen LogP contribution in [-0.2, 0) is 0 Å². The van der Waals surface area contributed by atoms with E-state index >= 15 is 0 Å². The summed E-state index contributed by atoms with van der Waals surface area (Å²) in [6.07, 6.45) is 0. The zero-order chi connectivity index (χ0) is 40.7. The molecule has 0 amide bonds. The van der Waals surface area contributed by atoms with Crippen molar-refractivity contribution in [3.8, 4) is 11.4 Å². The largest absolute Gasteiger partial charge is 0.309 e. The minimum absolute atomic E-state index is 0.884. The van der Waals surface area contributed by atoms with E-state index in [1.807, 2.05) is 0 Å². The van der Waals surface area contributed by atoms with Gasteiger partial charge in [0.15, 0.2) is 0 Å². The lowest BCUT2D eigenvalue weighted by Crippen LogP contribution is -2.11. The second kappa shape index (κ2) is 13.6. The molecule has 62 heavy (non-hydrogen) atoms. The average Bonchev–Trinajstić information content (AvgIpc) is 3.85. The van der Waals surface area contributed by atoms with Gasteiger partial charge in [-0.2, -0.15) is 0 Å². The molecule has 1 aliphatic heterocycles. The van der Waals surface area contributed by atoms with Gasteiger partial charge in [0, 0.05) is 55.2 Å². The first-order valence-corrected chi connectivity index (χ1v) is 21.2. The summed E-state index contributed by atoms with van der Waals surface area (Å²) in [5.74, 6) is 0. The molecule has 0 N–H and O–H groups in total. The number of hydrogen-bond acceptors (Lipinski definition) is 2. The summed E-state index contributed by atoms with van der Waals surface area (Å²) in [7, 11) is 0. The molecule has 0 atom stereocenters. The third kappa shape index (κ3) is 5.33. The smallest absolute Gasteiger partial charge is 0.0803 e. The van der Waals surface area contributed by atoms with E-state index in [9.17, 15) is 0 Å². The van der Waals surface area contributed by atoms with Gasteiger partial charge in [0.05, 0.1) is 44.9 Å². The molecule has 0 radical (unpaired) electrons. The van der Waals surface area contributed by atoms with Crippen molar-refractivity contribution in [2.75, 3.05) is 0 Å². The van der Waals surface area contributed by atoms with Gasteiger partial charge in [0.25, 0.3) is 0 Å². The molecular weight excluding hydrogens is 753 g/mol. The zero-order valence-corrected chi connectivity index (χ0v) is 33.6. The molecule has 3 heterocycles. The van der Waals surface area contributed by atoms with E-state index in [2.05, 4.69) is 228 Å². The normalized spacial score (nSPS) is 14.4. The summed E-state index contributed by atoms with van der Waals surface area (Å²) in [5.41, 5.74) is 14.5. The van der Waals surface area contributed by atoms with E-state index in [0.29, 0.717) is 0 Å². The fourth-order valence-electron chi connectivity index (χ4n) is 9.76. The van der Waals surface area contributed by atoms with Crippen LogP contribution in [0.1, 0.15) is 22.3 Å². The summed E-state index contributed by atoms with van der Waals surface area (Å²) in [6, 6.07) is 78.5. The first-order chi connectivity index (χ1) is 30.7. The van der Waals surface area contributed by atoms with E-state index in [-0.39, 0.29) is 0 Å². The molecule has 4 heteroatoms. The topological polar surface area (TPSA) is 34.6 Å². The fraction of sp³-hybridized carbons (Fsp3) is 0. The van der Waals surface area contributed by atoms with Gasteiger partial charge in [0.2, 0.25) is 0 Å². The van der Waals surface area contributed by atoms with Gasteiger partial charge in [-0.25, -0.2) is 9.98 Å². The highest BCUT2D eigenvalue weighted by molar-refractivity contribution is 6.24. The molecule has 288 valence electrons. The fourth-order valence-corrected chi connectivity index (χ4v) is 9.76. The molecule has 0 saturated carbocycles. The van der Waals surface area contributed by atoms with Crippen LogP contribution < -0.4 is 0 Å². The maximum Gasteiger partial charge on any atom is 0.0803 e. The molecule has 0 aliphatic carbocycles. The van der Waals surface area contributed by atoms with Crippen LogP contribution in [0.2, 0.25) is 0 Å². The summed E-state index contributed by atoms with van der Waals surface area (Å²) in [4.78, 5) is 11.4. The molecule has 13 rings (SSSR count). The van der Waals surface area contributed by atoms with E-state index in [1.165, 1.54) is 43.6 Å². The third-order valence-corrected chi connectivity index (χ3v) is 12.7. The Balaban J connectivity index is 1.01. The number of aromatic nitrogens is 2. The van der Waals surface area contributed by atoms with Crippen LogP contribution in [0, 0.1) is 0 Å². The van der Waals surface area contributed by atoms with E-state index < -0.39 is 0 Å². The van der Waals surface area contributed by atoms with Gasteiger partial charge >= 0.3 is 0 Å². The number of para-hydroxylation sites is 4. The Morgan fingerprint density at radius 3 is 0.903 bits per heavy atom. The van der Waals surface area contributed by atoms with Gasteiger partial charge in [-0.15, -0.1) is 0 Å². The van der Waals surface area contributed by atoms with Gasteiger partial charge in [-0.05, 0) is 94.3 Å². The van der Waals surface area contributed by atoms with E-state index in [4.69, 9.17) is 9.98 Å². The van der Waals surface area contributed by atoms with Crippen LogP contribution in [-0.4, -0.2) is 20.6 Å². The third-order valence-electron chi connectivity index (χ3n) is 12.7. The van der Waals surface area contributed by atoms with E-state index in [1.54, 1.807) is 0 Å². The lowest BCUT2D eigenvalue weighted by Gasteiger charge is -2.20. The number of nitrogens with zero attached hydrogens (tertiary/aromatic N) is 4. The van der Waals surface area contributed by atoms with Crippen molar-refractivity contribution in [1.29, 1.82) is 0 Å². The Bertz CT molecular complexity index is 3480. The van der Waals surface area contributed by atoms with Crippen LogP contribution in [0.3, 0.4) is 0 Å². The van der Waals surface area contributed by atoms with Gasteiger partial charge in [0.1, 0.15) is 0 Å². The summed E-state index contributed by atoms with van der Waals surface area (Å²) in [6.45, 7) is 0. The standard InChI is InChI=1S/C58H36N4/c1-3-15-41-35-51-49(33-39(41)13-1)57(37-25-29-43(30-26-37)61-53-21-9-5-17-45(53)46-18-6-10-22-54(46)61)60-52-36-42-16-4-2-14-40(42)34-50(52)58(59-51)38-27-31-44(32-28-38)62-55-23-11-7-19-47(55)48-20-8-12-24-56(48)62/h1-36H/b57-49?,58-50?,59-51?,59-58-,60-52?,60-57-. The van der Waals surface area contributed by atoms with Gasteiger partial charge in [-0.3, -0.25) is 0 Å². The van der Waals surface area contributed by atoms with Crippen LogP contribution in [0.4, 0.5) is 11.4 Å². The molecule has 0 saturated heterocycles. The van der Waals surface area contributed by atoms with Crippen LogP contribution in [0.15, 0.2) is 228 Å². The van der Waals surface area contributed by atoms with Crippen molar-refractivity contribution in [3.63, 3.8) is 0 Å². The van der Waals surface area contributed by atoms with Crippen molar-refractivity contribution < 1.29 is 0 Å². The summed E-state index contributed by atoms with van der Waals surface area (Å²) in [5, 5.41) is 9.55. The molecular formula is C58H36N4. The Hall–Kier alpha value is -8.34. The number of rotatable bonds is 4. The molecule has 0 spiro atoms. The van der Waals surface area contributed by atoms with E-state index in [0.717, 1.165) is 78.0 Å². The molecule has 2 aromatic heterocycles. The number of benzene rings is 10. The predicted octanol–water partition coefficient (Wildman–Crippen LogP) is 14.8. The Kier molecular flexibility index (Phi) is 7.57. The van der Waals surface area contributed by atoms with Crippen molar-refractivity contribution in [2.45, 2.75) is 0 Å². The lowest BCUT2D eigenvalue weighted by atomic mass is 9.93. The monoisotopic (exact) mass is 788 g/mol. The zero-order valence-electron chi connectivity index (χ0n) is 33.6.